The van der Waals surface area contributed by atoms with Crippen LogP contribution in [0.25, 0.3) is 0 Å². The molecule has 0 radical (unpaired) electrons. The molecular weight excluding hydrogens is 414 g/mol. The highest BCUT2D eigenvalue weighted by Crippen LogP contribution is 2.33. The van der Waals surface area contributed by atoms with Crippen molar-refractivity contribution in [3.05, 3.63) is 59.2 Å². The Morgan fingerprint density at radius 1 is 0.839 bits per heavy atom. The van der Waals surface area contributed by atoms with E-state index in [-0.39, 0.29) is 0 Å². The molecule has 0 aliphatic heterocycles. The summed E-state index contributed by atoms with van der Waals surface area (Å²) in [6, 6.07) is 15.3. The number of aryl methyl sites for hydroxylation is 2. The zero-order valence-corrected chi connectivity index (χ0v) is 21.5. The first-order valence-corrected chi connectivity index (χ1v) is 13.2. The van der Waals surface area contributed by atoms with Gasteiger partial charge in [0.25, 0.3) is 0 Å². The highest BCUT2D eigenvalue weighted by atomic mass is 32.1. The molecule has 0 spiro atoms. The Morgan fingerprint density at radius 3 is 2.03 bits per heavy atom. The summed E-state index contributed by atoms with van der Waals surface area (Å²) in [5, 5.41) is 0. The summed E-state index contributed by atoms with van der Waals surface area (Å²) in [6.07, 6.45) is 14.9. The van der Waals surface area contributed by atoms with Crippen LogP contribution in [0.2, 0.25) is 0 Å². The van der Waals surface area contributed by atoms with Crippen molar-refractivity contribution in [1.82, 2.24) is 0 Å². The van der Waals surface area contributed by atoms with Gasteiger partial charge in [-0.05, 0) is 55.5 Å². The van der Waals surface area contributed by atoms with Gasteiger partial charge in [0.2, 0.25) is 0 Å². The monoisotopic (exact) mass is 455 g/mol. The minimum atomic E-state index is 0.714. The van der Waals surface area contributed by atoms with E-state index in [4.69, 9.17) is 12.2 Å². The van der Waals surface area contributed by atoms with E-state index in [9.17, 15) is 0 Å². The number of hydrogen-bond donors (Lipinski definition) is 1. The molecule has 0 atom stereocenters. The van der Waals surface area contributed by atoms with Gasteiger partial charge in [-0.1, -0.05) is 107 Å². The normalized spacial score (nSPS) is 11.0. The van der Waals surface area contributed by atoms with Crippen molar-refractivity contribution in [2.24, 2.45) is 0 Å². The number of rotatable bonds is 14. The van der Waals surface area contributed by atoms with Gasteiger partial charge in [-0.25, -0.2) is 0 Å². The molecule has 0 bridgehead atoms. The molecule has 0 aliphatic rings. The first kappa shape index (κ1) is 25.9. The molecule has 0 aliphatic carbocycles. The van der Waals surface area contributed by atoms with Crippen LogP contribution >= 0.6 is 24.8 Å². The largest absolute Gasteiger partial charge is 0.304 e. The fraction of sp³-hybridized carbons (Fsp3) is 0.536. The molecule has 0 unspecified atom stereocenters. The van der Waals surface area contributed by atoms with E-state index in [1.54, 1.807) is 0 Å². The second-order valence-corrected chi connectivity index (χ2v) is 9.60. The molecule has 170 valence electrons. The van der Waals surface area contributed by atoms with Crippen LogP contribution in [0.3, 0.4) is 0 Å². The van der Waals surface area contributed by atoms with Crippen LogP contribution in [0.4, 0.5) is 11.4 Å². The lowest BCUT2D eigenvalue weighted by Crippen LogP contribution is -2.23. The third-order valence-corrected chi connectivity index (χ3v) is 6.57. The van der Waals surface area contributed by atoms with Gasteiger partial charge in [0.05, 0.1) is 10.7 Å². The summed E-state index contributed by atoms with van der Waals surface area (Å²) >= 11 is 10.3. The fourth-order valence-corrected chi connectivity index (χ4v) is 4.69. The lowest BCUT2D eigenvalue weighted by molar-refractivity contribution is 0.556. The Balaban J connectivity index is 1.90. The smallest absolute Gasteiger partial charge is 0.0838 e. The molecule has 31 heavy (non-hydrogen) atoms. The summed E-state index contributed by atoms with van der Waals surface area (Å²) < 4.78 is 0. The Kier molecular flexibility index (Phi) is 12.3. The maximum absolute atomic E-state index is 5.63. The Morgan fingerprint density at radius 2 is 1.45 bits per heavy atom. The van der Waals surface area contributed by atoms with Crippen LogP contribution in [0.1, 0.15) is 94.7 Å². The molecule has 0 aromatic heterocycles. The third-order valence-electron chi connectivity index (χ3n) is 6.05. The second-order valence-electron chi connectivity index (χ2n) is 8.69. The average molecular weight is 456 g/mol. The van der Waals surface area contributed by atoms with Gasteiger partial charge in [0.15, 0.2) is 0 Å². The van der Waals surface area contributed by atoms with Gasteiger partial charge in [0.1, 0.15) is 0 Å². The molecule has 2 rings (SSSR count). The van der Waals surface area contributed by atoms with Crippen LogP contribution in [0.15, 0.2) is 42.5 Å². The SMILES string of the molecule is CCCCCCCCCCCCc1ccc(N(C(C)=S)c2ccccc2C)c(CS)c1. The lowest BCUT2D eigenvalue weighted by Gasteiger charge is -2.28. The number of anilines is 2. The maximum atomic E-state index is 5.63. The molecule has 0 saturated heterocycles. The van der Waals surface area contributed by atoms with Crippen molar-refractivity contribution >= 4 is 41.2 Å². The molecule has 0 amide bonds. The molecule has 0 heterocycles. The standard InChI is InChI=1S/C28H41NS2/c1-4-5-6-7-8-9-10-11-12-13-17-25-19-20-28(26(21-25)22-30)29(24(3)31)27-18-15-14-16-23(27)2/h14-16,18-21,30H,4-13,17,22H2,1-3H3. The maximum Gasteiger partial charge on any atom is 0.0838 e. The highest BCUT2D eigenvalue weighted by Gasteiger charge is 2.17. The van der Waals surface area contributed by atoms with Crippen LogP contribution in [0.5, 0.6) is 0 Å². The molecule has 0 fully saturated rings. The van der Waals surface area contributed by atoms with Crippen molar-refractivity contribution in [1.29, 1.82) is 0 Å². The van der Waals surface area contributed by atoms with Crippen molar-refractivity contribution < 1.29 is 0 Å². The first-order valence-electron chi connectivity index (χ1n) is 12.2. The predicted octanol–water partition coefficient (Wildman–Crippen LogP) is 9.37. The second kappa shape index (κ2) is 14.7. The number of thiol groups is 1. The Labute approximate surface area is 202 Å². The zero-order valence-electron chi connectivity index (χ0n) is 19.8. The van der Waals surface area contributed by atoms with E-state index in [2.05, 4.69) is 73.8 Å². The topological polar surface area (TPSA) is 3.24 Å². The third kappa shape index (κ3) is 8.61. The van der Waals surface area contributed by atoms with E-state index < -0.39 is 0 Å². The van der Waals surface area contributed by atoms with Crippen molar-refractivity contribution in [2.75, 3.05) is 4.90 Å². The predicted molar refractivity (Wildman–Crippen MR) is 146 cm³/mol. The summed E-state index contributed by atoms with van der Waals surface area (Å²) in [5.41, 5.74) is 6.20. The summed E-state index contributed by atoms with van der Waals surface area (Å²) in [6.45, 7) is 6.42. The van der Waals surface area contributed by atoms with E-state index in [1.165, 1.54) is 80.9 Å². The number of unbranched alkanes of at least 4 members (excludes halogenated alkanes) is 9. The molecule has 0 saturated carbocycles. The quantitative estimate of drug-likeness (QED) is 0.172. The summed E-state index contributed by atoms with van der Waals surface area (Å²) in [4.78, 5) is 3.06. The molecule has 3 heteroatoms. The molecule has 1 nitrogen and oxygen atoms in total. The van der Waals surface area contributed by atoms with Gasteiger partial charge < -0.3 is 4.90 Å². The Hall–Kier alpha value is -1.32. The number of nitrogens with zero attached hydrogens (tertiary/aromatic N) is 1. The number of para-hydroxylation sites is 1. The van der Waals surface area contributed by atoms with Gasteiger partial charge >= 0.3 is 0 Å². The molecule has 2 aromatic rings. The summed E-state index contributed by atoms with van der Waals surface area (Å²) in [7, 11) is 0. The highest BCUT2D eigenvalue weighted by molar-refractivity contribution is 7.80. The molecule has 0 N–H and O–H groups in total. The van der Waals surface area contributed by atoms with E-state index in [0.29, 0.717) is 5.75 Å². The first-order chi connectivity index (χ1) is 15.1. The van der Waals surface area contributed by atoms with Gasteiger partial charge in [-0.2, -0.15) is 12.6 Å². The van der Waals surface area contributed by atoms with E-state index in [1.807, 2.05) is 6.92 Å². The van der Waals surface area contributed by atoms with E-state index in [0.717, 1.165) is 22.8 Å². The lowest BCUT2D eigenvalue weighted by atomic mass is 10.0. The van der Waals surface area contributed by atoms with Crippen LogP contribution in [-0.2, 0) is 12.2 Å². The van der Waals surface area contributed by atoms with Gasteiger partial charge in [0, 0.05) is 11.4 Å². The van der Waals surface area contributed by atoms with Crippen molar-refractivity contribution in [3.8, 4) is 0 Å². The van der Waals surface area contributed by atoms with Crippen LogP contribution < -0.4 is 4.90 Å². The molecule has 2 aromatic carbocycles. The number of thiocarbonyl (C=S) groups is 1. The number of benzene rings is 2. The van der Waals surface area contributed by atoms with Gasteiger partial charge in [-0.15, -0.1) is 0 Å². The Bertz CT molecular complexity index is 799. The number of hydrogen-bond acceptors (Lipinski definition) is 2. The van der Waals surface area contributed by atoms with Gasteiger partial charge in [-0.3, -0.25) is 0 Å². The molecular formula is C28H41NS2. The fourth-order valence-electron chi connectivity index (χ4n) is 4.24. The van der Waals surface area contributed by atoms with Crippen molar-refractivity contribution in [3.63, 3.8) is 0 Å². The minimum absolute atomic E-state index is 0.714. The summed E-state index contributed by atoms with van der Waals surface area (Å²) in [5.74, 6) is 0.714. The van der Waals surface area contributed by atoms with Crippen molar-refractivity contribution in [2.45, 2.75) is 97.2 Å². The van der Waals surface area contributed by atoms with E-state index >= 15 is 0 Å². The minimum Gasteiger partial charge on any atom is -0.304 e. The van der Waals surface area contributed by atoms with Crippen LogP contribution in [0, 0.1) is 6.92 Å². The zero-order chi connectivity index (χ0) is 22.5. The van der Waals surface area contributed by atoms with Crippen LogP contribution in [-0.4, -0.2) is 4.99 Å². The average Bonchev–Trinajstić information content (AvgIpc) is 2.77.